The lowest BCUT2D eigenvalue weighted by molar-refractivity contribution is 0.547. The number of nitrogens with zero attached hydrogens (tertiary/aromatic N) is 2. The van der Waals surface area contributed by atoms with Crippen molar-refractivity contribution >= 4 is 33.9 Å². The molecule has 4 aromatic rings. The van der Waals surface area contributed by atoms with Gasteiger partial charge in [-0.1, -0.05) is 35.4 Å². The Kier molecular flexibility index (Phi) is 3.56. The van der Waals surface area contributed by atoms with Crippen molar-refractivity contribution in [2.75, 3.05) is 0 Å². The quantitative estimate of drug-likeness (QED) is 0.397. The van der Waals surface area contributed by atoms with Crippen LogP contribution in [0.15, 0.2) is 82.8 Å². The predicted octanol–water partition coefficient (Wildman–Crippen LogP) is 6.40. The van der Waals surface area contributed by atoms with Crippen LogP contribution in [0, 0.1) is 13.8 Å². The Hall–Kier alpha value is -3.92. The third kappa shape index (κ3) is 2.61. The number of rotatable bonds is 2. The minimum Gasteiger partial charge on any atom is -0.438 e. The van der Waals surface area contributed by atoms with Gasteiger partial charge in [0.25, 0.3) is 0 Å². The molecular formula is C26H18N2O2. The molecule has 0 bridgehead atoms. The first-order chi connectivity index (χ1) is 14.7. The van der Waals surface area contributed by atoms with Gasteiger partial charge in [0, 0.05) is 11.1 Å². The van der Waals surface area contributed by atoms with Gasteiger partial charge in [0.15, 0.2) is 0 Å². The van der Waals surface area contributed by atoms with Gasteiger partial charge in [0.05, 0.1) is 22.1 Å². The lowest BCUT2D eigenvalue weighted by Crippen LogP contribution is -2.15. The Labute approximate surface area is 174 Å². The van der Waals surface area contributed by atoms with Crippen molar-refractivity contribution < 1.29 is 9.47 Å². The minimum atomic E-state index is 0.603. The molecule has 0 aromatic heterocycles. The Bertz CT molecular complexity index is 1270. The molecule has 0 saturated heterocycles. The Morgan fingerprint density at radius 2 is 0.900 bits per heavy atom. The van der Waals surface area contributed by atoms with E-state index in [2.05, 4.69) is 38.1 Å². The van der Waals surface area contributed by atoms with Gasteiger partial charge in [-0.3, -0.25) is 0 Å². The van der Waals surface area contributed by atoms with Gasteiger partial charge in [0.2, 0.25) is 11.8 Å². The molecule has 4 nitrogen and oxygen atoms in total. The number of aryl methyl sites for hydroxylation is 2. The lowest BCUT2D eigenvalue weighted by Gasteiger charge is -2.23. The summed E-state index contributed by atoms with van der Waals surface area (Å²) in [6.45, 7) is 4.13. The normalized spacial score (nSPS) is 13.9. The SMILES string of the molecule is Cc1ccc(C2=Nc3ccc4c5c(ccc(c35)O2)N=C(c2ccc(C)cc2)O4)cc1. The van der Waals surface area contributed by atoms with Crippen molar-refractivity contribution in [2.24, 2.45) is 9.98 Å². The van der Waals surface area contributed by atoms with Gasteiger partial charge in [-0.2, -0.15) is 0 Å². The second-order valence-electron chi connectivity index (χ2n) is 7.69. The number of benzene rings is 4. The summed E-state index contributed by atoms with van der Waals surface area (Å²) in [5.41, 5.74) is 6.04. The maximum Gasteiger partial charge on any atom is 0.227 e. The van der Waals surface area contributed by atoms with Gasteiger partial charge in [-0.05, 0) is 62.4 Å². The highest BCUT2D eigenvalue weighted by atomic mass is 16.5. The monoisotopic (exact) mass is 390 g/mol. The van der Waals surface area contributed by atoms with Crippen LogP contribution in [-0.2, 0) is 0 Å². The van der Waals surface area contributed by atoms with Crippen molar-refractivity contribution in [3.05, 3.63) is 95.1 Å². The molecule has 0 fully saturated rings. The predicted molar refractivity (Wildman–Crippen MR) is 120 cm³/mol. The molecule has 2 aliphatic heterocycles. The fraction of sp³-hybridized carbons (Fsp3) is 0.0769. The van der Waals surface area contributed by atoms with Crippen LogP contribution in [0.25, 0.3) is 10.8 Å². The van der Waals surface area contributed by atoms with Crippen LogP contribution in [-0.4, -0.2) is 11.8 Å². The Balaban J connectivity index is 1.50. The largest absolute Gasteiger partial charge is 0.438 e. The fourth-order valence-corrected chi connectivity index (χ4v) is 3.87. The molecule has 0 unspecified atom stereocenters. The van der Waals surface area contributed by atoms with Crippen molar-refractivity contribution in [2.45, 2.75) is 13.8 Å². The highest BCUT2D eigenvalue weighted by Gasteiger charge is 2.25. The molecule has 0 amide bonds. The second kappa shape index (κ2) is 6.29. The second-order valence-corrected chi connectivity index (χ2v) is 7.69. The van der Waals surface area contributed by atoms with Crippen LogP contribution in [0.3, 0.4) is 0 Å². The summed E-state index contributed by atoms with van der Waals surface area (Å²) in [7, 11) is 0. The number of ether oxygens (including phenoxy) is 2. The standard InChI is InChI=1S/C26H18N2O2/c1-15-3-7-17(8-4-15)25-27-19-11-14-22-24-20(12-13-21(29-25)23(19)24)28-26(30-22)18-9-5-16(2)6-10-18/h3-14H,1-2H3. The highest BCUT2D eigenvalue weighted by Crippen LogP contribution is 2.48. The van der Waals surface area contributed by atoms with Gasteiger partial charge in [-0.25, -0.2) is 9.98 Å². The zero-order valence-corrected chi connectivity index (χ0v) is 16.6. The Morgan fingerprint density at radius 3 is 1.30 bits per heavy atom. The van der Waals surface area contributed by atoms with E-state index >= 15 is 0 Å². The van der Waals surface area contributed by atoms with E-state index < -0.39 is 0 Å². The van der Waals surface area contributed by atoms with Crippen LogP contribution < -0.4 is 9.47 Å². The summed E-state index contributed by atoms with van der Waals surface area (Å²) in [6, 6.07) is 24.3. The molecule has 0 radical (unpaired) electrons. The van der Waals surface area contributed by atoms with Crippen molar-refractivity contribution in [1.82, 2.24) is 0 Å². The van der Waals surface area contributed by atoms with E-state index in [9.17, 15) is 0 Å². The van der Waals surface area contributed by atoms with E-state index in [1.165, 1.54) is 11.1 Å². The van der Waals surface area contributed by atoms with E-state index in [0.717, 1.165) is 44.8 Å². The number of hydrogen-bond acceptors (Lipinski definition) is 4. The molecule has 2 aliphatic rings. The first kappa shape index (κ1) is 17.0. The summed E-state index contributed by atoms with van der Waals surface area (Å²) >= 11 is 0. The van der Waals surface area contributed by atoms with E-state index in [-0.39, 0.29) is 0 Å². The molecule has 144 valence electrons. The average Bonchev–Trinajstić information content (AvgIpc) is 2.78. The highest BCUT2D eigenvalue weighted by molar-refractivity contribution is 6.16. The summed E-state index contributed by atoms with van der Waals surface area (Å²) in [5, 5.41) is 1.88. The van der Waals surface area contributed by atoms with Crippen molar-refractivity contribution in [3.8, 4) is 11.5 Å². The molecule has 4 heteroatoms. The molecule has 0 aliphatic carbocycles. The molecule has 0 atom stereocenters. The van der Waals surface area contributed by atoms with E-state index in [0.29, 0.717) is 11.8 Å². The molecule has 0 N–H and O–H groups in total. The van der Waals surface area contributed by atoms with Gasteiger partial charge >= 0.3 is 0 Å². The molecular weight excluding hydrogens is 372 g/mol. The molecule has 4 aromatic carbocycles. The summed E-state index contributed by atoms with van der Waals surface area (Å²) in [6.07, 6.45) is 0. The smallest absolute Gasteiger partial charge is 0.227 e. The molecule has 30 heavy (non-hydrogen) atoms. The summed E-state index contributed by atoms with van der Waals surface area (Å²) in [5.74, 6) is 2.75. The zero-order chi connectivity index (χ0) is 20.2. The van der Waals surface area contributed by atoms with Crippen LogP contribution in [0.5, 0.6) is 11.5 Å². The van der Waals surface area contributed by atoms with Crippen LogP contribution in [0.2, 0.25) is 0 Å². The summed E-state index contributed by atoms with van der Waals surface area (Å²) in [4.78, 5) is 9.56. The van der Waals surface area contributed by atoms with Crippen LogP contribution in [0.4, 0.5) is 11.4 Å². The first-order valence-electron chi connectivity index (χ1n) is 9.93. The van der Waals surface area contributed by atoms with E-state index in [1.807, 2.05) is 48.5 Å². The lowest BCUT2D eigenvalue weighted by atomic mass is 10.0. The maximum absolute atomic E-state index is 6.18. The molecule has 6 rings (SSSR count). The maximum atomic E-state index is 6.18. The third-order valence-electron chi connectivity index (χ3n) is 5.49. The third-order valence-corrected chi connectivity index (χ3v) is 5.49. The van der Waals surface area contributed by atoms with Crippen molar-refractivity contribution in [3.63, 3.8) is 0 Å². The van der Waals surface area contributed by atoms with Crippen molar-refractivity contribution in [1.29, 1.82) is 0 Å². The molecule has 0 saturated carbocycles. The molecule has 2 heterocycles. The van der Waals surface area contributed by atoms with Gasteiger partial charge in [-0.15, -0.1) is 0 Å². The first-order valence-corrected chi connectivity index (χ1v) is 9.93. The number of aliphatic imine (C=N–C) groups is 2. The van der Waals surface area contributed by atoms with E-state index in [4.69, 9.17) is 19.5 Å². The van der Waals surface area contributed by atoms with Crippen LogP contribution in [0.1, 0.15) is 22.3 Å². The van der Waals surface area contributed by atoms with Gasteiger partial charge in [0.1, 0.15) is 11.5 Å². The average molecular weight is 390 g/mol. The van der Waals surface area contributed by atoms with Crippen LogP contribution >= 0.6 is 0 Å². The summed E-state index contributed by atoms with van der Waals surface area (Å²) < 4.78 is 12.4. The Morgan fingerprint density at radius 1 is 0.500 bits per heavy atom. The minimum absolute atomic E-state index is 0.603. The van der Waals surface area contributed by atoms with E-state index in [1.54, 1.807) is 0 Å². The fourth-order valence-electron chi connectivity index (χ4n) is 3.87. The van der Waals surface area contributed by atoms with Gasteiger partial charge < -0.3 is 9.47 Å². The number of hydrogen-bond donors (Lipinski definition) is 0. The molecule has 0 spiro atoms. The topological polar surface area (TPSA) is 43.2 Å². The zero-order valence-electron chi connectivity index (χ0n) is 16.6.